The molecule has 0 saturated heterocycles. The number of fused-ring (bicyclic) bond motifs is 3. The second kappa shape index (κ2) is 6.65. The van der Waals surface area contributed by atoms with E-state index < -0.39 is 6.10 Å². The molecule has 3 aromatic rings. The van der Waals surface area contributed by atoms with Gasteiger partial charge in [0.1, 0.15) is 0 Å². The van der Waals surface area contributed by atoms with Gasteiger partial charge in [0.05, 0.1) is 11.3 Å². The summed E-state index contributed by atoms with van der Waals surface area (Å²) in [6.07, 6.45) is -0.121. The minimum Gasteiger partial charge on any atom is -0.452 e. The molecule has 0 bridgehead atoms. The normalized spacial score (nSPS) is 12.5. The summed E-state index contributed by atoms with van der Waals surface area (Å²) in [5.41, 5.74) is 4.21. The van der Waals surface area contributed by atoms with Crippen molar-refractivity contribution in [1.29, 1.82) is 0 Å². The lowest BCUT2D eigenvalue weighted by Gasteiger charge is -2.15. The van der Waals surface area contributed by atoms with Gasteiger partial charge in [0.15, 0.2) is 11.9 Å². The van der Waals surface area contributed by atoms with E-state index in [9.17, 15) is 9.59 Å². The maximum absolute atomic E-state index is 12.3. The van der Waals surface area contributed by atoms with E-state index in [2.05, 4.69) is 0 Å². The van der Waals surface area contributed by atoms with Gasteiger partial charge < -0.3 is 4.74 Å². The van der Waals surface area contributed by atoms with E-state index in [0.29, 0.717) is 4.88 Å². The first-order valence-electron chi connectivity index (χ1n) is 8.18. The van der Waals surface area contributed by atoms with E-state index in [-0.39, 0.29) is 24.6 Å². The number of ketones is 1. The third-order valence-electron chi connectivity index (χ3n) is 4.38. The van der Waals surface area contributed by atoms with Crippen LogP contribution in [-0.4, -0.2) is 11.8 Å². The largest absolute Gasteiger partial charge is 0.452 e. The van der Waals surface area contributed by atoms with Crippen LogP contribution in [0.25, 0.3) is 11.1 Å². The first kappa shape index (κ1) is 15.8. The smallest absolute Gasteiger partial charge is 0.307 e. The zero-order valence-corrected chi connectivity index (χ0v) is 14.3. The van der Waals surface area contributed by atoms with Crippen LogP contribution in [0, 0.1) is 0 Å². The average molecular weight is 348 g/mol. The third kappa shape index (κ3) is 3.01. The Balaban J connectivity index is 1.49. The summed E-state index contributed by atoms with van der Waals surface area (Å²) >= 11 is 1.40. The Labute approximate surface area is 149 Å². The lowest BCUT2D eigenvalue weighted by atomic mass is 10.1. The predicted molar refractivity (Wildman–Crippen MR) is 97.7 cm³/mol. The maximum atomic E-state index is 12.3. The Kier molecular flexibility index (Phi) is 4.20. The molecule has 4 heteroatoms. The van der Waals surface area contributed by atoms with Crippen LogP contribution >= 0.6 is 11.3 Å². The molecule has 0 atom stereocenters. The molecule has 1 aliphatic carbocycles. The molecular formula is C21H16O3S. The molecule has 1 heterocycles. The highest BCUT2D eigenvalue weighted by Gasteiger charge is 2.30. The van der Waals surface area contributed by atoms with Gasteiger partial charge in [-0.15, -0.1) is 11.3 Å². The predicted octanol–water partition coefficient (Wildman–Crippen LogP) is 5.02. The van der Waals surface area contributed by atoms with Crippen LogP contribution in [0.5, 0.6) is 0 Å². The van der Waals surface area contributed by atoms with Crippen molar-refractivity contribution in [3.8, 4) is 11.1 Å². The fourth-order valence-corrected chi connectivity index (χ4v) is 3.90. The van der Waals surface area contributed by atoms with Crippen LogP contribution < -0.4 is 0 Å². The van der Waals surface area contributed by atoms with Crippen molar-refractivity contribution >= 4 is 23.1 Å². The van der Waals surface area contributed by atoms with Gasteiger partial charge in [0.25, 0.3) is 0 Å². The minimum atomic E-state index is -0.392. The zero-order chi connectivity index (χ0) is 17.2. The lowest BCUT2D eigenvalue weighted by molar-refractivity contribution is -0.147. The molecule has 3 nitrogen and oxygen atoms in total. The molecule has 2 aromatic carbocycles. The van der Waals surface area contributed by atoms with Gasteiger partial charge in [-0.25, -0.2) is 0 Å². The van der Waals surface area contributed by atoms with Crippen LogP contribution in [0.2, 0.25) is 0 Å². The van der Waals surface area contributed by atoms with E-state index in [1.54, 1.807) is 6.07 Å². The van der Waals surface area contributed by atoms with Crippen molar-refractivity contribution in [2.45, 2.75) is 18.9 Å². The number of ether oxygens (including phenoxy) is 1. The number of esters is 1. The van der Waals surface area contributed by atoms with Gasteiger partial charge in [0.2, 0.25) is 0 Å². The minimum absolute atomic E-state index is 0.0147. The second-order valence-corrected chi connectivity index (χ2v) is 6.89. The molecule has 25 heavy (non-hydrogen) atoms. The van der Waals surface area contributed by atoms with Crippen molar-refractivity contribution in [3.63, 3.8) is 0 Å². The summed E-state index contributed by atoms with van der Waals surface area (Å²) in [7, 11) is 0. The molecule has 4 rings (SSSR count). The van der Waals surface area contributed by atoms with Gasteiger partial charge >= 0.3 is 5.97 Å². The summed E-state index contributed by atoms with van der Waals surface area (Å²) in [5.74, 6) is -0.361. The zero-order valence-electron chi connectivity index (χ0n) is 13.5. The van der Waals surface area contributed by atoms with Crippen molar-refractivity contribution in [3.05, 3.63) is 82.0 Å². The molecule has 0 radical (unpaired) electrons. The van der Waals surface area contributed by atoms with Gasteiger partial charge in [0, 0.05) is 17.5 Å². The fourth-order valence-electron chi connectivity index (χ4n) is 3.20. The SMILES string of the molecule is O=C(CCC(=O)c1cccs1)OC1c2ccccc2-c2ccccc21. The fraction of sp³-hybridized carbons (Fsp3) is 0.143. The Morgan fingerprint density at radius 3 is 2.08 bits per heavy atom. The molecule has 0 aliphatic heterocycles. The molecule has 0 spiro atoms. The molecule has 124 valence electrons. The van der Waals surface area contributed by atoms with E-state index in [4.69, 9.17) is 4.74 Å². The molecular weight excluding hydrogens is 332 g/mol. The van der Waals surface area contributed by atoms with Crippen LogP contribution in [0.3, 0.4) is 0 Å². The Bertz CT molecular complexity index is 882. The van der Waals surface area contributed by atoms with Gasteiger partial charge in [-0.05, 0) is 22.6 Å². The number of thiophene rings is 1. The number of rotatable bonds is 5. The van der Waals surface area contributed by atoms with Crippen molar-refractivity contribution in [1.82, 2.24) is 0 Å². The number of carbonyl (C=O) groups is 2. The van der Waals surface area contributed by atoms with Crippen LogP contribution in [-0.2, 0) is 9.53 Å². The average Bonchev–Trinajstić information content (AvgIpc) is 3.28. The topological polar surface area (TPSA) is 43.4 Å². The van der Waals surface area contributed by atoms with E-state index in [0.717, 1.165) is 22.3 Å². The quantitative estimate of drug-likeness (QED) is 0.480. The van der Waals surface area contributed by atoms with Crippen LogP contribution in [0.4, 0.5) is 0 Å². The van der Waals surface area contributed by atoms with E-state index in [1.807, 2.05) is 60.0 Å². The van der Waals surface area contributed by atoms with Crippen molar-refractivity contribution in [2.24, 2.45) is 0 Å². The molecule has 0 fully saturated rings. The van der Waals surface area contributed by atoms with Gasteiger partial charge in [-0.1, -0.05) is 54.6 Å². The molecule has 0 amide bonds. The van der Waals surface area contributed by atoms with Crippen LogP contribution in [0.15, 0.2) is 66.0 Å². The Morgan fingerprint density at radius 1 is 0.840 bits per heavy atom. The number of hydrogen-bond donors (Lipinski definition) is 0. The monoisotopic (exact) mass is 348 g/mol. The summed E-state index contributed by atoms with van der Waals surface area (Å²) in [6, 6.07) is 19.6. The van der Waals surface area contributed by atoms with Crippen molar-refractivity contribution in [2.75, 3.05) is 0 Å². The summed E-state index contributed by atoms with van der Waals surface area (Å²) in [4.78, 5) is 25.1. The standard InChI is InChI=1S/C21H16O3S/c22-18(19-10-5-13-25-19)11-12-20(23)24-21-16-8-3-1-6-14(16)15-7-2-4-9-17(15)21/h1-10,13,21H,11-12H2. The Morgan fingerprint density at radius 2 is 1.48 bits per heavy atom. The second-order valence-electron chi connectivity index (χ2n) is 5.94. The third-order valence-corrected chi connectivity index (χ3v) is 5.29. The summed E-state index contributed by atoms with van der Waals surface area (Å²) < 4.78 is 5.74. The van der Waals surface area contributed by atoms with Crippen molar-refractivity contribution < 1.29 is 14.3 Å². The molecule has 0 unspecified atom stereocenters. The van der Waals surface area contributed by atoms with Gasteiger partial charge in [-0.2, -0.15) is 0 Å². The van der Waals surface area contributed by atoms with E-state index in [1.165, 1.54) is 11.3 Å². The van der Waals surface area contributed by atoms with E-state index >= 15 is 0 Å². The molecule has 1 aliphatic rings. The maximum Gasteiger partial charge on any atom is 0.307 e. The number of carbonyl (C=O) groups excluding carboxylic acids is 2. The highest BCUT2D eigenvalue weighted by molar-refractivity contribution is 7.12. The molecule has 1 aromatic heterocycles. The molecule has 0 N–H and O–H groups in total. The summed E-state index contributed by atoms with van der Waals surface area (Å²) in [5, 5.41) is 1.86. The number of benzene rings is 2. The Hall–Kier alpha value is -2.72. The molecule has 0 saturated carbocycles. The first-order valence-corrected chi connectivity index (χ1v) is 9.06. The lowest BCUT2D eigenvalue weighted by Crippen LogP contribution is -2.12. The number of hydrogen-bond acceptors (Lipinski definition) is 4. The highest BCUT2D eigenvalue weighted by atomic mass is 32.1. The summed E-state index contributed by atoms with van der Waals surface area (Å²) in [6.45, 7) is 0. The first-order chi connectivity index (χ1) is 12.2. The highest BCUT2D eigenvalue weighted by Crippen LogP contribution is 2.45. The van der Waals surface area contributed by atoms with Gasteiger partial charge in [-0.3, -0.25) is 9.59 Å². The number of Topliss-reactive ketones (excluding diaryl/α,β-unsaturated/α-hetero) is 1. The van der Waals surface area contributed by atoms with Crippen LogP contribution in [0.1, 0.15) is 39.7 Å².